The van der Waals surface area contributed by atoms with Crippen LogP contribution in [-0.4, -0.2) is 5.71 Å². The predicted molar refractivity (Wildman–Crippen MR) is 204 cm³/mol. The number of hydrogen-bond donors (Lipinski definition) is 1. The summed E-state index contributed by atoms with van der Waals surface area (Å²) in [5.74, 6) is 0. The van der Waals surface area contributed by atoms with Gasteiger partial charge in [0.15, 0.2) is 0 Å². The Morgan fingerprint density at radius 2 is 1.08 bits per heavy atom. The van der Waals surface area contributed by atoms with Crippen LogP contribution in [0.3, 0.4) is 0 Å². The Kier molecular flexibility index (Phi) is 6.25. The molecule has 3 nitrogen and oxygen atoms in total. The van der Waals surface area contributed by atoms with Crippen LogP contribution in [0.4, 0.5) is 0 Å². The lowest BCUT2D eigenvalue weighted by Crippen LogP contribution is -2.24. The minimum Gasteiger partial charge on any atom is -0.456 e. The highest BCUT2D eigenvalue weighted by Crippen LogP contribution is 2.45. The average molecular weight is 627 g/mol. The molecule has 0 radical (unpaired) electrons. The molecule has 1 aromatic heterocycles. The van der Waals surface area contributed by atoms with Crippen molar-refractivity contribution in [1.29, 1.82) is 0 Å². The van der Waals surface area contributed by atoms with Crippen molar-refractivity contribution in [1.82, 2.24) is 5.32 Å². The normalized spacial score (nSPS) is 14.7. The summed E-state index contributed by atoms with van der Waals surface area (Å²) in [5, 5.41) is 11.0. The number of furan rings is 1. The molecule has 49 heavy (non-hydrogen) atoms. The summed E-state index contributed by atoms with van der Waals surface area (Å²) in [6.07, 6.45) is 1.92. The molecule has 8 aromatic carbocycles. The van der Waals surface area contributed by atoms with Gasteiger partial charge in [0.2, 0.25) is 0 Å². The zero-order chi connectivity index (χ0) is 32.3. The number of nitrogens with zero attached hydrogens (tertiary/aromatic N) is 1. The maximum atomic E-state index is 6.50. The highest BCUT2D eigenvalue weighted by molar-refractivity contribution is 6.33. The van der Waals surface area contributed by atoms with Crippen molar-refractivity contribution in [2.45, 2.75) is 6.17 Å². The highest BCUT2D eigenvalue weighted by atomic mass is 16.3. The number of rotatable bonds is 5. The fourth-order valence-electron chi connectivity index (χ4n) is 7.49. The van der Waals surface area contributed by atoms with Gasteiger partial charge in [-0.05, 0) is 96.9 Å². The molecule has 0 amide bonds. The first-order chi connectivity index (χ1) is 24.3. The molecule has 0 bridgehead atoms. The molecule has 1 N–H and O–H groups in total. The molecule has 1 aliphatic rings. The van der Waals surface area contributed by atoms with Crippen molar-refractivity contribution in [3.05, 3.63) is 187 Å². The smallest absolute Gasteiger partial charge is 0.145 e. The van der Waals surface area contributed by atoms with Crippen LogP contribution >= 0.6 is 0 Å². The lowest BCUT2D eigenvalue weighted by atomic mass is 9.90. The number of hydrogen-bond acceptors (Lipinski definition) is 3. The predicted octanol–water partition coefficient (Wildman–Crippen LogP) is 11.8. The van der Waals surface area contributed by atoms with E-state index in [1.165, 1.54) is 43.4 Å². The van der Waals surface area contributed by atoms with E-state index in [1.807, 2.05) is 6.07 Å². The minimum atomic E-state index is -0.232. The average Bonchev–Trinajstić information content (AvgIpc) is 3.57. The fraction of sp³-hybridized carbons (Fsp3) is 0.0217. The first-order valence-corrected chi connectivity index (χ1v) is 16.7. The Labute approximate surface area is 283 Å². The van der Waals surface area contributed by atoms with Crippen LogP contribution in [0, 0.1) is 0 Å². The van der Waals surface area contributed by atoms with Gasteiger partial charge in [-0.1, -0.05) is 133 Å². The molecule has 1 unspecified atom stereocenters. The SMILES string of the molecule is C1=C(c2ccccc2)NC(c2cccc(-c3ccc4c(c3)c3cccc5oc6cc(-c7ccccc7)cc4c6c53)c2)N=C1c1ccccc1. The third-order valence-electron chi connectivity index (χ3n) is 9.84. The first kappa shape index (κ1) is 27.6. The number of nitrogens with one attached hydrogen (secondary N) is 1. The molecule has 2 heterocycles. The second kappa shape index (κ2) is 11.1. The number of aliphatic imine (C=N–C) groups is 1. The molecule has 0 fully saturated rings. The van der Waals surface area contributed by atoms with Crippen molar-refractivity contribution < 1.29 is 4.42 Å². The second-order valence-corrected chi connectivity index (χ2v) is 12.8. The Balaban J connectivity index is 1.11. The molecule has 230 valence electrons. The van der Waals surface area contributed by atoms with Crippen LogP contribution in [0.2, 0.25) is 0 Å². The molecule has 0 spiro atoms. The van der Waals surface area contributed by atoms with Gasteiger partial charge in [-0.2, -0.15) is 0 Å². The van der Waals surface area contributed by atoms with Crippen LogP contribution in [0.15, 0.2) is 179 Å². The number of fused-ring (bicyclic) bond motifs is 3. The molecule has 0 aliphatic carbocycles. The maximum Gasteiger partial charge on any atom is 0.145 e. The van der Waals surface area contributed by atoms with Crippen LogP contribution in [-0.2, 0) is 0 Å². The Bertz CT molecular complexity index is 2720. The van der Waals surface area contributed by atoms with E-state index in [1.54, 1.807) is 0 Å². The molecule has 0 saturated carbocycles. The van der Waals surface area contributed by atoms with E-state index in [-0.39, 0.29) is 6.17 Å². The first-order valence-electron chi connectivity index (χ1n) is 16.7. The van der Waals surface area contributed by atoms with Gasteiger partial charge in [0.05, 0.1) is 5.71 Å². The lowest BCUT2D eigenvalue weighted by molar-refractivity contribution is 0.664. The Morgan fingerprint density at radius 1 is 0.429 bits per heavy atom. The van der Waals surface area contributed by atoms with E-state index >= 15 is 0 Å². The van der Waals surface area contributed by atoms with E-state index < -0.39 is 0 Å². The van der Waals surface area contributed by atoms with Crippen molar-refractivity contribution in [2.75, 3.05) is 0 Å². The molecule has 1 atom stereocenters. The van der Waals surface area contributed by atoms with Crippen LogP contribution < -0.4 is 5.32 Å². The quantitative estimate of drug-likeness (QED) is 0.193. The van der Waals surface area contributed by atoms with E-state index in [2.05, 4.69) is 169 Å². The third-order valence-corrected chi connectivity index (χ3v) is 9.84. The van der Waals surface area contributed by atoms with Crippen molar-refractivity contribution in [3.8, 4) is 22.3 Å². The van der Waals surface area contributed by atoms with Crippen LogP contribution in [0.25, 0.3) is 71.4 Å². The maximum absolute atomic E-state index is 6.50. The lowest BCUT2D eigenvalue weighted by Gasteiger charge is -2.25. The molecular formula is C46H30N2O. The summed E-state index contributed by atoms with van der Waals surface area (Å²) in [4.78, 5) is 5.22. The molecule has 3 heteroatoms. The van der Waals surface area contributed by atoms with Gasteiger partial charge in [-0.3, -0.25) is 4.99 Å². The zero-order valence-electron chi connectivity index (χ0n) is 26.6. The Morgan fingerprint density at radius 3 is 1.88 bits per heavy atom. The molecule has 10 rings (SSSR count). The summed E-state index contributed by atoms with van der Waals surface area (Å²) in [5.41, 5.74) is 11.9. The highest BCUT2D eigenvalue weighted by Gasteiger charge is 2.21. The molecule has 1 aliphatic heterocycles. The van der Waals surface area contributed by atoms with Crippen LogP contribution in [0.1, 0.15) is 22.9 Å². The Hall–Kier alpha value is -6.45. The van der Waals surface area contributed by atoms with Gasteiger partial charge in [0.25, 0.3) is 0 Å². The van der Waals surface area contributed by atoms with E-state index in [9.17, 15) is 0 Å². The largest absolute Gasteiger partial charge is 0.456 e. The monoisotopic (exact) mass is 626 g/mol. The number of benzene rings is 8. The molecule has 0 saturated heterocycles. The van der Waals surface area contributed by atoms with Crippen LogP contribution in [0.5, 0.6) is 0 Å². The zero-order valence-corrected chi connectivity index (χ0v) is 26.6. The third kappa shape index (κ3) is 4.62. The van der Waals surface area contributed by atoms with Crippen molar-refractivity contribution in [3.63, 3.8) is 0 Å². The summed E-state index contributed by atoms with van der Waals surface area (Å²) in [6.45, 7) is 0. The molecule has 9 aromatic rings. The van der Waals surface area contributed by atoms with Crippen molar-refractivity contribution >= 4 is 54.9 Å². The van der Waals surface area contributed by atoms with E-state index in [4.69, 9.17) is 9.41 Å². The van der Waals surface area contributed by atoms with E-state index in [0.29, 0.717) is 0 Å². The topological polar surface area (TPSA) is 37.5 Å². The number of allylic oxidation sites excluding steroid dienone is 1. The summed E-state index contributed by atoms with van der Waals surface area (Å²) >= 11 is 0. The minimum absolute atomic E-state index is 0.232. The van der Waals surface area contributed by atoms with Gasteiger partial charge >= 0.3 is 0 Å². The van der Waals surface area contributed by atoms with Gasteiger partial charge in [-0.15, -0.1) is 0 Å². The van der Waals surface area contributed by atoms with Gasteiger partial charge in [0, 0.05) is 16.5 Å². The summed E-state index contributed by atoms with van der Waals surface area (Å²) in [7, 11) is 0. The second-order valence-electron chi connectivity index (χ2n) is 12.8. The summed E-state index contributed by atoms with van der Waals surface area (Å²) < 4.78 is 6.50. The van der Waals surface area contributed by atoms with Gasteiger partial charge in [-0.25, -0.2) is 0 Å². The molecular weight excluding hydrogens is 597 g/mol. The fourth-order valence-corrected chi connectivity index (χ4v) is 7.49. The summed E-state index contributed by atoms with van der Waals surface area (Å²) in [6, 6.07) is 58.1. The standard InChI is InChI=1S/C46H30N2O/c1-4-12-29(13-5-1)35-26-39-36-23-22-33(25-38(36)37-20-11-21-42-44(37)45(39)43(27-35)49-42)32-18-10-19-34(24-32)46-47-40(30-14-6-2-7-15-30)28-41(48-46)31-16-8-3-9-17-31/h1-28,46-47H. The van der Waals surface area contributed by atoms with E-state index in [0.717, 1.165) is 50.4 Å². The van der Waals surface area contributed by atoms with Gasteiger partial charge in [0.1, 0.15) is 17.3 Å². The van der Waals surface area contributed by atoms with Crippen molar-refractivity contribution in [2.24, 2.45) is 4.99 Å². The van der Waals surface area contributed by atoms with Gasteiger partial charge < -0.3 is 9.73 Å².